The van der Waals surface area contributed by atoms with Crippen LogP contribution in [0.3, 0.4) is 0 Å². The Morgan fingerprint density at radius 1 is 1.47 bits per heavy atom. The second-order valence-corrected chi connectivity index (χ2v) is 4.68. The van der Waals surface area contributed by atoms with E-state index >= 15 is 0 Å². The second-order valence-electron chi connectivity index (χ2n) is 4.68. The van der Waals surface area contributed by atoms with Crippen LogP contribution in [0.15, 0.2) is 4.52 Å². The molecule has 108 valence electrons. The van der Waals surface area contributed by atoms with E-state index in [4.69, 9.17) is 14.0 Å². The minimum Gasteiger partial charge on any atom is -0.353 e. The quantitative estimate of drug-likeness (QED) is 0.761. The van der Waals surface area contributed by atoms with Gasteiger partial charge >= 0.3 is 0 Å². The van der Waals surface area contributed by atoms with Crippen LogP contribution in [0.4, 0.5) is 0 Å². The highest BCUT2D eigenvalue weighted by atomic mass is 16.7. The average molecular weight is 269 g/mol. The number of ether oxygens (including phenoxy) is 2. The zero-order valence-electron chi connectivity index (χ0n) is 11.9. The maximum Gasteiger partial charge on any atom is 0.226 e. The number of hydrogen-bond acceptors (Lipinski definition) is 6. The maximum atomic E-state index is 5.95. The third-order valence-electron chi connectivity index (χ3n) is 3.24. The van der Waals surface area contributed by atoms with Crippen molar-refractivity contribution in [3.8, 4) is 0 Å². The van der Waals surface area contributed by atoms with Crippen molar-refractivity contribution in [1.82, 2.24) is 15.5 Å². The average Bonchev–Trinajstić information content (AvgIpc) is 3.07. The first-order chi connectivity index (χ1) is 9.24. The third-order valence-corrected chi connectivity index (χ3v) is 3.24. The molecule has 1 aromatic rings. The van der Waals surface area contributed by atoms with Gasteiger partial charge in [-0.25, -0.2) is 0 Å². The van der Waals surface area contributed by atoms with E-state index in [1.807, 2.05) is 20.8 Å². The minimum absolute atomic E-state index is 0.215. The Morgan fingerprint density at radius 3 is 2.89 bits per heavy atom. The molecule has 0 amide bonds. The number of rotatable bonds is 7. The zero-order valence-corrected chi connectivity index (χ0v) is 11.9. The highest BCUT2D eigenvalue weighted by Crippen LogP contribution is 2.26. The standard InChI is InChI=1S/C13H23N3O3/c1-4-11-15-13(16-19-11)12(10-7-6-8-14-10)18-9(3)17-5-2/h9-10,12,14H,4-8H2,1-3H3/t9?,10-,12?/m0/s1. The fraction of sp³-hybridized carbons (Fsp3) is 0.846. The van der Waals surface area contributed by atoms with Crippen LogP contribution in [-0.2, 0) is 15.9 Å². The first kappa shape index (κ1) is 14.4. The van der Waals surface area contributed by atoms with Crippen LogP contribution in [0.5, 0.6) is 0 Å². The number of hydrogen-bond donors (Lipinski definition) is 1. The molecule has 2 heterocycles. The van der Waals surface area contributed by atoms with Gasteiger partial charge in [0.05, 0.1) is 0 Å². The molecule has 0 aromatic carbocycles. The molecule has 0 radical (unpaired) electrons. The third kappa shape index (κ3) is 3.75. The van der Waals surface area contributed by atoms with Crippen LogP contribution in [0.2, 0.25) is 0 Å². The number of aromatic nitrogens is 2. The predicted molar refractivity (Wildman–Crippen MR) is 69.6 cm³/mol. The molecule has 6 heteroatoms. The lowest BCUT2D eigenvalue weighted by molar-refractivity contribution is -0.167. The molecule has 1 aliphatic rings. The van der Waals surface area contributed by atoms with Gasteiger partial charge in [0.2, 0.25) is 11.7 Å². The SMILES string of the molecule is CCOC(C)OC(c1noc(CC)n1)[C@@H]1CCCN1. The summed E-state index contributed by atoms with van der Waals surface area (Å²) in [6.07, 6.45) is 2.44. The second kappa shape index (κ2) is 6.98. The van der Waals surface area contributed by atoms with Crippen molar-refractivity contribution in [2.45, 2.75) is 58.5 Å². The molecule has 0 spiro atoms. The lowest BCUT2D eigenvalue weighted by atomic mass is 10.1. The predicted octanol–water partition coefficient (Wildman–Crippen LogP) is 1.82. The van der Waals surface area contributed by atoms with Crippen LogP contribution in [-0.4, -0.2) is 35.6 Å². The Labute approximate surface area is 113 Å². The van der Waals surface area contributed by atoms with Crippen LogP contribution < -0.4 is 5.32 Å². The van der Waals surface area contributed by atoms with Gasteiger partial charge in [-0.2, -0.15) is 4.98 Å². The molecule has 6 nitrogen and oxygen atoms in total. The molecule has 1 N–H and O–H groups in total. The fourth-order valence-corrected chi connectivity index (χ4v) is 2.31. The van der Waals surface area contributed by atoms with Crippen molar-refractivity contribution in [3.05, 3.63) is 11.7 Å². The summed E-state index contributed by atoms with van der Waals surface area (Å²) in [6.45, 7) is 7.47. The lowest BCUT2D eigenvalue weighted by Crippen LogP contribution is -2.34. The Hall–Kier alpha value is -0.980. The summed E-state index contributed by atoms with van der Waals surface area (Å²) in [5.41, 5.74) is 0. The molecular formula is C13H23N3O3. The first-order valence-electron chi connectivity index (χ1n) is 7.07. The highest BCUT2D eigenvalue weighted by molar-refractivity contribution is 4.98. The lowest BCUT2D eigenvalue weighted by Gasteiger charge is -2.24. The topological polar surface area (TPSA) is 69.4 Å². The van der Waals surface area contributed by atoms with Crippen LogP contribution >= 0.6 is 0 Å². The number of aryl methyl sites for hydroxylation is 1. The summed E-state index contributed by atoms with van der Waals surface area (Å²) in [5.74, 6) is 1.26. The van der Waals surface area contributed by atoms with Crippen molar-refractivity contribution in [1.29, 1.82) is 0 Å². The maximum absolute atomic E-state index is 5.95. The molecule has 2 unspecified atom stereocenters. The fourth-order valence-electron chi connectivity index (χ4n) is 2.31. The Balaban J connectivity index is 2.08. The van der Waals surface area contributed by atoms with E-state index in [1.165, 1.54) is 0 Å². The van der Waals surface area contributed by atoms with E-state index in [2.05, 4.69) is 15.5 Å². The Kier molecular flexibility index (Phi) is 5.30. The number of nitrogens with one attached hydrogen (secondary N) is 1. The van der Waals surface area contributed by atoms with Crippen molar-refractivity contribution in [3.63, 3.8) is 0 Å². The summed E-state index contributed by atoms with van der Waals surface area (Å²) in [4.78, 5) is 4.39. The summed E-state index contributed by atoms with van der Waals surface area (Å²) in [5, 5.41) is 7.47. The van der Waals surface area contributed by atoms with E-state index in [-0.39, 0.29) is 18.4 Å². The smallest absolute Gasteiger partial charge is 0.226 e. The van der Waals surface area contributed by atoms with Gasteiger partial charge in [0, 0.05) is 19.1 Å². The van der Waals surface area contributed by atoms with E-state index in [0.29, 0.717) is 18.3 Å². The van der Waals surface area contributed by atoms with Crippen molar-refractivity contribution in [2.75, 3.05) is 13.2 Å². The van der Waals surface area contributed by atoms with Crippen LogP contribution in [0.25, 0.3) is 0 Å². The Bertz CT molecular complexity index is 377. The normalized spacial score (nSPS) is 22.6. The molecule has 0 aliphatic carbocycles. The number of nitrogens with zero attached hydrogens (tertiary/aromatic N) is 2. The van der Waals surface area contributed by atoms with Gasteiger partial charge < -0.3 is 19.3 Å². The van der Waals surface area contributed by atoms with Crippen molar-refractivity contribution < 1.29 is 14.0 Å². The molecule has 0 bridgehead atoms. The molecular weight excluding hydrogens is 246 g/mol. The van der Waals surface area contributed by atoms with Gasteiger partial charge in [-0.15, -0.1) is 0 Å². The van der Waals surface area contributed by atoms with E-state index in [1.54, 1.807) is 0 Å². The van der Waals surface area contributed by atoms with Gasteiger partial charge in [0.15, 0.2) is 6.29 Å². The molecule has 1 saturated heterocycles. The van der Waals surface area contributed by atoms with E-state index in [0.717, 1.165) is 25.8 Å². The molecule has 1 aromatic heterocycles. The van der Waals surface area contributed by atoms with Gasteiger partial charge in [-0.3, -0.25) is 0 Å². The minimum atomic E-state index is -0.277. The molecule has 0 saturated carbocycles. The Morgan fingerprint density at radius 2 is 2.32 bits per heavy atom. The zero-order chi connectivity index (χ0) is 13.7. The first-order valence-corrected chi connectivity index (χ1v) is 7.07. The summed E-state index contributed by atoms with van der Waals surface area (Å²) in [6, 6.07) is 0.227. The molecule has 2 rings (SSSR count). The van der Waals surface area contributed by atoms with E-state index in [9.17, 15) is 0 Å². The van der Waals surface area contributed by atoms with Gasteiger partial charge in [0.1, 0.15) is 6.10 Å². The molecule has 1 aliphatic heterocycles. The van der Waals surface area contributed by atoms with Crippen LogP contribution in [0, 0.1) is 0 Å². The molecule has 19 heavy (non-hydrogen) atoms. The molecule has 1 fully saturated rings. The van der Waals surface area contributed by atoms with Gasteiger partial charge in [0.25, 0.3) is 0 Å². The monoisotopic (exact) mass is 269 g/mol. The molecule has 3 atom stereocenters. The van der Waals surface area contributed by atoms with E-state index < -0.39 is 0 Å². The largest absolute Gasteiger partial charge is 0.353 e. The van der Waals surface area contributed by atoms with Gasteiger partial charge in [-0.05, 0) is 33.2 Å². The highest BCUT2D eigenvalue weighted by Gasteiger charge is 2.32. The van der Waals surface area contributed by atoms with Gasteiger partial charge in [-0.1, -0.05) is 12.1 Å². The summed E-state index contributed by atoms with van der Waals surface area (Å²) >= 11 is 0. The summed E-state index contributed by atoms with van der Waals surface area (Å²) in [7, 11) is 0. The summed E-state index contributed by atoms with van der Waals surface area (Å²) < 4.78 is 16.6. The van der Waals surface area contributed by atoms with Crippen molar-refractivity contribution >= 4 is 0 Å². The van der Waals surface area contributed by atoms with Crippen LogP contribution in [0.1, 0.15) is 51.4 Å². The van der Waals surface area contributed by atoms with Crippen molar-refractivity contribution in [2.24, 2.45) is 0 Å².